The number of benzene rings is 1. The lowest BCUT2D eigenvalue weighted by Gasteiger charge is -2.06. The summed E-state index contributed by atoms with van der Waals surface area (Å²) in [5.41, 5.74) is 3.33. The summed E-state index contributed by atoms with van der Waals surface area (Å²) in [6.07, 6.45) is 3.47. The van der Waals surface area contributed by atoms with E-state index in [2.05, 4.69) is 19.6 Å². The molecule has 6 nitrogen and oxygen atoms in total. The molecule has 0 atom stereocenters. The summed E-state index contributed by atoms with van der Waals surface area (Å²) < 4.78 is 3.38. The molecule has 1 aromatic carbocycles. The summed E-state index contributed by atoms with van der Waals surface area (Å²) in [5, 5.41) is 8.27. The highest BCUT2D eigenvalue weighted by molar-refractivity contribution is 7.12. The Morgan fingerprint density at radius 2 is 2.04 bits per heavy atom. The van der Waals surface area contributed by atoms with Crippen LogP contribution in [0.15, 0.2) is 45.7 Å². The Kier molecular flexibility index (Phi) is 4.41. The van der Waals surface area contributed by atoms with Gasteiger partial charge in [-0.2, -0.15) is 9.78 Å². The molecule has 0 saturated carbocycles. The van der Waals surface area contributed by atoms with Crippen molar-refractivity contribution in [2.75, 3.05) is 0 Å². The standard InChI is InChI=1S/C19H16ClN5OS/c1-11-8-14(12(2)24(11)19-21-6-7-27-19)10-22-25-13(3)23-17-9-15(20)4-5-16(17)18(25)26/h4-10H,1-3H3/b22-10-. The molecule has 8 heteroatoms. The highest BCUT2D eigenvalue weighted by Crippen LogP contribution is 2.21. The fourth-order valence-corrected chi connectivity index (χ4v) is 3.97. The smallest absolute Gasteiger partial charge is 0.282 e. The van der Waals surface area contributed by atoms with Crippen LogP contribution in [0.1, 0.15) is 22.8 Å². The minimum absolute atomic E-state index is 0.223. The van der Waals surface area contributed by atoms with Crippen LogP contribution in [0.5, 0.6) is 0 Å². The van der Waals surface area contributed by atoms with Crippen LogP contribution in [0.25, 0.3) is 16.0 Å². The SMILES string of the molecule is Cc1cc(/C=N\n2c(C)nc3cc(Cl)ccc3c2=O)c(C)n1-c1nccs1. The van der Waals surface area contributed by atoms with Crippen molar-refractivity contribution in [2.45, 2.75) is 20.8 Å². The molecule has 0 radical (unpaired) electrons. The number of thiazole rings is 1. The van der Waals surface area contributed by atoms with Gasteiger partial charge in [-0.1, -0.05) is 11.6 Å². The van der Waals surface area contributed by atoms with Gasteiger partial charge < -0.3 is 0 Å². The lowest BCUT2D eigenvalue weighted by Crippen LogP contribution is -2.20. The normalized spacial score (nSPS) is 11.7. The number of halogens is 1. The molecule has 0 aliphatic heterocycles. The second-order valence-electron chi connectivity index (χ2n) is 6.16. The molecule has 0 amide bonds. The minimum Gasteiger partial charge on any atom is -0.294 e. The first-order chi connectivity index (χ1) is 13.0. The van der Waals surface area contributed by atoms with Gasteiger partial charge in [-0.15, -0.1) is 11.3 Å². The maximum absolute atomic E-state index is 12.8. The lowest BCUT2D eigenvalue weighted by atomic mass is 10.2. The molecule has 0 bridgehead atoms. The van der Waals surface area contributed by atoms with Crippen molar-refractivity contribution < 1.29 is 0 Å². The fraction of sp³-hybridized carbons (Fsp3) is 0.158. The third-order valence-corrected chi connectivity index (χ3v) is 5.36. The predicted molar refractivity (Wildman–Crippen MR) is 110 cm³/mol. The molecule has 3 aromatic heterocycles. The molecule has 0 saturated heterocycles. The van der Waals surface area contributed by atoms with Crippen LogP contribution < -0.4 is 5.56 Å². The Morgan fingerprint density at radius 1 is 1.22 bits per heavy atom. The van der Waals surface area contributed by atoms with Crippen molar-refractivity contribution in [3.8, 4) is 5.13 Å². The highest BCUT2D eigenvalue weighted by Gasteiger charge is 2.12. The molecule has 27 heavy (non-hydrogen) atoms. The van der Waals surface area contributed by atoms with Gasteiger partial charge >= 0.3 is 0 Å². The summed E-state index contributed by atoms with van der Waals surface area (Å²) >= 11 is 7.57. The summed E-state index contributed by atoms with van der Waals surface area (Å²) in [6.45, 7) is 5.77. The Labute approximate surface area is 164 Å². The molecular formula is C19H16ClN5OS. The van der Waals surface area contributed by atoms with E-state index in [9.17, 15) is 4.79 Å². The highest BCUT2D eigenvalue weighted by atomic mass is 35.5. The van der Waals surface area contributed by atoms with Gasteiger partial charge in [0.2, 0.25) is 0 Å². The number of hydrogen-bond acceptors (Lipinski definition) is 5. The number of fused-ring (bicyclic) bond motifs is 1. The van der Waals surface area contributed by atoms with Gasteiger partial charge in [-0.25, -0.2) is 9.97 Å². The van der Waals surface area contributed by atoms with Crippen LogP contribution in [0.2, 0.25) is 5.02 Å². The van der Waals surface area contributed by atoms with E-state index in [1.165, 1.54) is 4.68 Å². The van der Waals surface area contributed by atoms with Gasteiger partial charge in [-0.05, 0) is 45.0 Å². The third kappa shape index (κ3) is 3.09. The molecule has 0 aliphatic carbocycles. The zero-order valence-corrected chi connectivity index (χ0v) is 16.5. The number of hydrogen-bond donors (Lipinski definition) is 0. The van der Waals surface area contributed by atoms with Crippen molar-refractivity contribution in [1.29, 1.82) is 0 Å². The van der Waals surface area contributed by atoms with E-state index in [-0.39, 0.29) is 5.56 Å². The molecular weight excluding hydrogens is 382 g/mol. The average molecular weight is 398 g/mol. The first kappa shape index (κ1) is 17.6. The second kappa shape index (κ2) is 6.75. The van der Waals surface area contributed by atoms with Gasteiger partial charge in [0.25, 0.3) is 5.56 Å². The maximum atomic E-state index is 12.8. The van der Waals surface area contributed by atoms with Gasteiger partial charge in [0.1, 0.15) is 5.82 Å². The van der Waals surface area contributed by atoms with Crippen LogP contribution in [0.3, 0.4) is 0 Å². The first-order valence-electron chi connectivity index (χ1n) is 8.28. The maximum Gasteiger partial charge on any atom is 0.282 e. The number of aromatic nitrogens is 4. The molecule has 4 rings (SSSR count). The van der Waals surface area contributed by atoms with Crippen LogP contribution in [-0.4, -0.2) is 25.4 Å². The first-order valence-corrected chi connectivity index (χ1v) is 9.53. The molecule has 0 spiro atoms. The minimum atomic E-state index is -0.223. The third-order valence-electron chi connectivity index (χ3n) is 4.36. The van der Waals surface area contributed by atoms with Crippen molar-refractivity contribution >= 4 is 40.1 Å². The van der Waals surface area contributed by atoms with Crippen LogP contribution >= 0.6 is 22.9 Å². The second-order valence-corrected chi connectivity index (χ2v) is 7.47. The lowest BCUT2D eigenvalue weighted by molar-refractivity contribution is 0.770. The molecule has 3 heterocycles. The van der Waals surface area contributed by atoms with Crippen LogP contribution in [-0.2, 0) is 0 Å². The van der Waals surface area contributed by atoms with E-state index in [4.69, 9.17) is 11.6 Å². The van der Waals surface area contributed by atoms with E-state index in [0.29, 0.717) is 21.7 Å². The molecule has 136 valence electrons. The number of rotatable bonds is 3. The van der Waals surface area contributed by atoms with Gasteiger partial charge in [0.05, 0.1) is 17.1 Å². The zero-order chi connectivity index (χ0) is 19.1. The fourth-order valence-electron chi connectivity index (χ4n) is 3.06. The van der Waals surface area contributed by atoms with Crippen molar-refractivity contribution in [1.82, 2.24) is 19.2 Å². The molecule has 4 aromatic rings. The van der Waals surface area contributed by atoms with Crippen LogP contribution in [0, 0.1) is 20.8 Å². The predicted octanol–water partition coefficient (Wildman–Crippen LogP) is 4.10. The van der Waals surface area contributed by atoms with E-state index < -0.39 is 0 Å². The van der Waals surface area contributed by atoms with E-state index in [0.717, 1.165) is 22.1 Å². The van der Waals surface area contributed by atoms with Gasteiger partial charge in [-0.3, -0.25) is 9.36 Å². The Morgan fingerprint density at radius 3 is 2.78 bits per heavy atom. The van der Waals surface area contributed by atoms with E-state index >= 15 is 0 Å². The Hall–Kier alpha value is -2.77. The van der Waals surface area contributed by atoms with Gasteiger partial charge in [0, 0.05) is 33.6 Å². The number of aryl methyl sites for hydroxylation is 2. The summed E-state index contributed by atoms with van der Waals surface area (Å²) in [5.74, 6) is 0.500. The summed E-state index contributed by atoms with van der Waals surface area (Å²) in [7, 11) is 0. The van der Waals surface area contributed by atoms with Crippen molar-refractivity contribution in [2.24, 2.45) is 5.10 Å². The monoisotopic (exact) mass is 397 g/mol. The van der Waals surface area contributed by atoms with Crippen LogP contribution in [0.4, 0.5) is 0 Å². The quantitative estimate of drug-likeness (QED) is 0.489. The molecule has 0 N–H and O–H groups in total. The van der Waals surface area contributed by atoms with E-state index in [1.54, 1.807) is 48.9 Å². The topological polar surface area (TPSA) is 65.1 Å². The largest absolute Gasteiger partial charge is 0.294 e. The summed E-state index contributed by atoms with van der Waals surface area (Å²) in [4.78, 5) is 21.6. The Bertz CT molecular complexity index is 1240. The molecule has 0 unspecified atom stereocenters. The van der Waals surface area contributed by atoms with E-state index in [1.807, 2.05) is 25.3 Å². The average Bonchev–Trinajstić information content (AvgIpc) is 3.22. The molecule has 0 aliphatic rings. The van der Waals surface area contributed by atoms with Crippen molar-refractivity contribution in [3.05, 3.63) is 74.0 Å². The zero-order valence-electron chi connectivity index (χ0n) is 15.0. The van der Waals surface area contributed by atoms with Gasteiger partial charge in [0.15, 0.2) is 5.13 Å². The molecule has 0 fully saturated rings. The van der Waals surface area contributed by atoms with Crippen molar-refractivity contribution in [3.63, 3.8) is 0 Å². The Balaban J connectivity index is 1.79. The number of nitrogens with zero attached hydrogens (tertiary/aromatic N) is 5. The summed E-state index contributed by atoms with van der Waals surface area (Å²) in [6, 6.07) is 7.06.